The molecule has 1 amide bonds. The topological polar surface area (TPSA) is 77.0 Å². The molecule has 0 saturated carbocycles. The zero-order chi connectivity index (χ0) is 22.5. The van der Waals surface area contributed by atoms with E-state index in [4.69, 9.17) is 9.47 Å². The van der Waals surface area contributed by atoms with Crippen LogP contribution < -0.4 is 10.2 Å². The van der Waals surface area contributed by atoms with Crippen LogP contribution in [0, 0.1) is 0 Å². The standard InChI is InChI=1S/C25H32N2O4/c1-4-6-8-15-21(5-2)31-25(29)22-16-11-12-17-23(22)30-18-24(28)27-26-19(3)20-13-9-7-10-14-20/h7,9-14,16-17,21H,4-6,8,15,18H2,1-3H3,(H,27,28). The number of rotatable bonds is 12. The SMILES string of the molecule is CCCCCC(CC)OC(=O)c1ccccc1OCC(=O)NN=C(C)c1ccccc1. The maximum Gasteiger partial charge on any atom is 0.342 e. The molecule has 1 N–H and O–H groups in total. The normalized spacial score (nSPS) is 12.2. The highest BCUT2D eigenvalue weighted by molar-refractivity contribution is 5.99. The van der Waals surface area contributed by atoms with Gasteiger partial charge in [0.1, 0.15) is 17.4 Å². The van der Waals surface area contributed by atoms with E-state index in [-0.39, 0.29) is 12.7 Å². The lowest BCUT2D eigenvalue weighted by Crippen LogP contribution is -2.26. The zero-order valence-electron chi connectivity index (χ0n) is 18.6. The molecule has 0 aromatic heterocycles. The molecule has 1 atom stereocenters. The smallest absolute Gasteiger partial charge is 0.342 e. The number of ether oxygens (including phenoxy) is 2. The summed E-state index contributed by atoms with van der Waals surface area (Å²) in [4.78, 5) is 24.8. The third kappa shape index (κ3) is 8.24. The van der Waals surface area contributed by atoms with Crippen molar-refractivity contribution in [3.63, 3.8) is 0 Å². The highest BCUT2D eigenvalue weighted by Gasteiger charge is 2.18. The number of hydrogen-bond donors (Lipinski definition) is 1. The fourth-order valence-corrected chi connectivity index (χ4v) is 3.01. The Balaban J connectivity index is 1.92. The van der Waals surface area contributed by atoms with Gasteiger partial charge in [-0.25, -0.2) is 10.2 Å². The van der Waals surface area contributed by atoms with E-state index in [2.05, 4.69) is 17.5 Å². The molecule has 0 radical (unpaired) electrons. The Morgan fingerprint density at radius 3 is 2.42 bits per heavy atom. The number of carbonyl (C=O) groups is 2. The number of hydrogen-bond acceptors (Lipinski definition) is 5. The lowest BCUT2D eigenvalue weighted by atomic mass is 10.1. The zero-order valence-corrected chi connectivity index (χ0v) is 18.6. The highest BCUT2D eigenvalue weighted by Crippen LogP contribution is 2.21. The maximum atomic E-state index is 12.7. The van der Waals surface area contributed by atoms with Crippen molar-refractivity contribution < 1.29 is 19.1 Å². The Labute approximate surface area is 184 Å². The third-order valence-corrected chi connectivity index (χ3v) is 4.86. The van der Waals surface area contributed by atoms with Gasteiger partial charge in [-0.2, -0.15) is 5.10 Å². The van der Waals surface area contributed by atoms with E-state index in [9.17, 15) is 9.59 Å². The lowest BCUT2D eigenvalue weighted by Gasteiger charge is -2.17. The molecule has 31 heavy (non-hydrogen) atoms. The van der Waals surface area contributed by atoms with Crippen molar-refractivity contribution >= 4 is 17.6 Å². The van der Waals surface area contributed by atoms with E-state index in [1.807, 2.05) is 44.2 Å². The van der Waals surface area contributed by atoms with Crippen LogP contribution in [0.1, 0.15) is 68.8 Å². The van der Waals surface area contributed by atoms with Crippen LogP contribution in [-0.2, 0) is 9.53 Å². The maximum absolute atomic E-state index is 12.7. The first-order valence-corrected chi connectivity index (χ1v) is 10.9. The van der Waals surface area contributed by atoms with Crippen LogP contribution in [0.2, 0.25) is 0 Å². The van der Waals surface area contributed by atoms with E-state index in [1.165, 1.54) is 0 Å². The van der Waals surface area contributed by atoms with Crippen LogP contribution >= 0.6 is 0 Å². The van der Waals surface area contributed by atoms with Crippen LogP contribution in [0.4, 0.5) is 0 Å². The number of nitrogens with one attached hydrogen (secondary N) is 1. The van der Waals surface area contributed by atoms with Crippen LogP contribution in [-0.4, -0.2) is 30.3 Å². The van der Waals surface area contributed by atoms with Gasteiger partial charge in [-0.1, -0.05) is 69.2 Å². The number of amides is 1. The van der Waals surface area contributed by atoms with Crippen molar-refractivity contribution in [3.8, 4) is 5.75 Å². The summed E-state index contributed by atoms with van der Waals surface area (Å²) in [6, 6.07) is 16.3. The average Bonchev–Trinajstić information content (AvgIpc) is 2.81. The van der Waals surface area contributed by atoms with E-state index in [0.717, 1.165) is 37.7 Å². The summed E-state index contributed by atoms with van der Waals surface area (Å²) in [5, 5.41) is 4.10. The van der Waals surface area contributed by atoms with Gasteiger partial charge in [0.15, 0.2) is 6.61 Å². The van der Waals surface area contributed by atoms with Gasteiger partial charge < -0.3 is 9.47 Å². The monoisotopic (exact) mass is 424 g/mol. The molecule has 0 heterocycles. The van der Waals surface area contributed by atoms with Crippen LogP contribution in [0.15, 0.2) is 59.7 Å². The van der Waals surface area contributed by atoms with Gasteiger partial charge in [-0.05, 0) is 43.9 Å². The highest BCUT2D eigenvalue weighted by atomic mass is 16.5. The lowest BCUT2D eigenvalue weighted by molar-refractivity contribution is -0.123. The van der Waals surface area contributed by atoms with E-state index in [1.54, 1.807) is 24.3 Å². The summed E-state index contributed by atoms with van der Waals surface area (Å²) < 4.78 is 11.3. The Bertz CT molecular complexity index is 865. The van der Waals surface area contributed by atoms with E-state index < -0.39 is 11.9 Å². The second kappa shape index (κ2) is 13.2. The average molecular weight is 425 g/mol. The fourth-order valence-electron chi connectivity index (χ4n) is 3.01. The minimum Gasteiger partial charge on any atom is -0.483 e. The minimum absolute atomic E-state index is 0.120. The van der Waals surface area contributed by atoms with Crippen molar-refractivity contribution in [1.29, 1.82) is 0 Å². The number of para-hydroxylation sites is 1. The predicted octanol–water partition coefficient (Wildman–Crippen LogP) is 5.12. The number of nitrogens with zero attached hydrogens (tertiary/aromatic N) is 1. The summed E-state index contributed by atoms with van der Waals surface area (Å²) in [6.07, 6.45) is 4.77. The van der Waals surface area contributed by atoms with Gasteiger partial charge in [0.2, 0.25) is 0 Å². The van der Waals surface area contributed by atoms with Crippen molar-refractivity contribution in [2.24, 2.45) is 5.10 Å². The molecule has 0 aliphatic rings. The van der Waals surface area contributed by atoms with Gasteiger partial charge >= 0.3 is 5.97 Å². The van der Waals surface area contributed by atoms with E-state index in [0.29, 0.717) is 17.0 Å². The van der Waals surface area contributed by atoms with Crippen molar-refractivity contribution in [2.45, 2.75) is 59.0 Å². The largest absolute Gasteiger partial charge is 0.483 e. The molecule has 0 aliphatic carbocycles. The van der Waals surface area contributed by atoms with Gasteiger partial charge in [0, 0.05) is 0 Å². The number of benzene rings is 2. The van der Waals surface area contributed by atoms with Crippen LogP contribution in [0.3, 0.4) is 0 Å². The minimum atomic E-state index is -0.433. The third-order valence-electron chi connectivity index (χ3n) is 4.86. The summed E-state index contributed by atoms with van der Waals surface area (Å²) in [6.45, 7) is 5.70. The second-order valence-corrected chi connectivity index (χ2v) is 7.31. The van der Waals surface area contributed by atoms with Gasteiger partial charge in [-0.15, -0.1) is 0 Å². The first kappa shape index (κ1) is 24.1. The van der Waals surface area contributed by atoms with Crippen molar-refractivity contribution in [3.05, 3.63) is 65.7 Å². The van der Waals surface area contributed by atoms with E-state index >= 15 is 0 Å². The molecule has 0 fully saturated rings. The Morgan fingerprint density at radius 2 is 1.71 bits per heavy atom. The molecule has 6 nitrogen and oxygen atoms in total. The number of unbranched alkanes of at least 4 members (excludes halogenated alkanes) is 2. The van der Waals surface area contributed by atoms with Crippen LogP contribution in [0.25, 0.3) is 0 Å². The molecule has 2 aromatic carbocycles. The number of carbonyl (C=O) groups excluding carboxylic acids is 2. The Morgan fingerprint density at radius 1 is 1.00 bits per heavy atom. The molecule has 2 aromatic rings. The molecule has 6 heteroatoms. The molecule has 166 valence electrons. The number of esters is 1. The fraction of sp³-hybridized carbons (Fsp3) is 0.400. The summed E-state index contributed by atoms with van der Waals surface area (Å²) >= 11 is 0. The van der Waals surface area contributed by atoms with Gasteiger partial charge in [0.25, 0.3) is 5.91 Å². The molecule has 0 aliphatic heterocycles. The summed E-state index contributed by atoms with van der Waals surface area (Å²) in [5.41, 5.74) is 4.40. The van der Waals surface area contributed by atoms with Gasteiger partial charge in [-0.3, -0.25) is 4.79 Å². The first-order valence-electron chi connectivity index (χ1n) is 10.9. The van der Waals surface area contributed by atoms with Crippen molar-refractivity contribution in [2.75, 3.05) is 6.61 Å². The molecule has 2 rings (SSSR count). The quantitative estimate of drug-likeness (QED) is 0.222. The first-order chi connectivity index (χ1) is 15.0. The number of hydrazone groups is 1. The second-order valence-electron chi connectivity index (χ2n) is 7.31. The van der Waals surface area contributed by atoms with Crippen LogP contribution in [0.5, 0.6) is 5.75 Å². The molecular formula is C25H32N2O4. The molecule has 0 spiro atoms. The molecular weight excluding hydrogens is 392 g/mol. The predicted molar refractivity (Wildman–Crippen MR) is 122 cm³/mol. The summed E-state index contributed by atoms with van der Waals surface area (Å²) in [7, 11) is 0. The van der Waals surface area contributed by atoms with Gasteiger partial charge in [0.05, 0.1) is 5.71 Å². The molecule has 0 bridgehead atoms. The van der Waals surface area contributed by atoms with Crippen molar-refractivity contribution in [1.82, 2.24) is 5.43 Å². The Kier molecular flexibility index (Phi) is 10.3. The molecule has 1 unspecified atom stereocenters. The molecule has 0 saturated heterocycles. The Hall–Kier alpha value is -3.15. The summed E-state index contributed by atoms with van der Waals surface area (Å²) in [5.74, 6) is -0.531.